The second kappa shape index (κ2) is 13.6. The van der Waals surface area contributed by atoms with Crippen LogP contribution in [0.2, 0.25) is 15.1 Å². The molecule has 4 atom stereocenters. The number of terminal acetylenes is 1. The zero-order valence-corrected chi connectivity index (χ0v) is 25.5. The molecule has 2 heterocycles. The molecule has 0 saturated carbocycles. The quantitative estimate of drug-likeness (QED) is 0.159. The fourth-order valence-corrected chi connectivity index (χ4v) is 4.95. The molecule has 1 unspecified atom stereocenters. The largest absolute Gasteiger partial charge is 0.459 e. The van der Waals surface area contributed by atoms with E-state index in [2.05, 4.69) is 10.9 Å². The second-order valence-corrected chi connectivity index (χ2v) is 11.1. The van der Waals surface area contributed by atoms with Gasteiger partial charge in [-0.15, -0.1) is 6.40 Å². The van der Waals surface area contributed by atoms with Crippen LogP contribution in [-0.4, -0.2) is 51.9 Å². The van der Waals surface area contributed by atoms with E-state index in [4.69, 9.17) is 55.1 Å². The van der Waals surface area contributed by atoms with E-state index >= 15 is 0 Å². The Balaban J connectivity index is 1.62. The first-order chi connectivity index (χ1) is 22.5. The molecule has 46 heavy (non-hydrogen) atoms. The number of nitrogens with zero attached hydrogens (tertiary/aromatic N) is 1. The van der Waals surface area contributed by atoms with Gasteiger partial charge in [0.05, 0.1) is 16.7 Å². The summed E-state index contributed by atoms with van der Waals surface area (Å²) in [7, 11) is 0. The minimum Gasteiger partial charge on any atom is -0.459 e. The molecule has 1 aromatic heterocycles. The molecule has 0 amide bonds. The van der Waals surface area contributed by atoms with Gasteiger partial charge < -0.3 is 18.9 Å². The molecule has 0 radical (unpaired) electrons. The molecule has 1 aliphatic rings. The minimum absolute atomic E-state index is 0.00935. The van der Waals surface area contributed by atoms with E-state index in [1.807, 2.05) is 6.40 Å². The molecule has 0 spiro atoms. The molecule has 234 valence electrons. The Labute approximate surface area is 276 Å². The van der Waals surface area contributed by atoms with Crippen molar-refractivity contribution in [2.24, 2.45) is 0 Å². The molecular formula is C32H21Cl3N2O9. The predicted molar refractivity (Wildman–Crippen MR) is 166 cm³/mol. The number of hydrogen-bond acceptors (Lipinski definition) is 9. The Morgan fingerprint density at radius 2 is 1.37 bits per heavy atom. The average molecular weight is 685 g/mol. The number of carbonyl (C=O) groups is 3. The summed E-state index contributed by atoms with van der Waals surface area (Å²) in [6.07, 6.45) is -1.99. The summed E-state index contributed by atoms with van der Waals surface area (Å²) in [5.74, 6) is -0.353. The maximum atomic E-state index is 13.6. The van der Waals surface area contributed by atoms with E-state index < -0.39 is 59.8 Å². The molecule has 0 aliphatic carbocycles. The first-order valence-corrected chi connectivity index (χ1v) is 14.4. The Bertz CT molecular complexity index is 1990. The molecule has 11 nitrogen and oxygen atoms in total. The van der Waals surface area contributed by atoms with Gasteiger partial charge in [0.1, 0.15) is 14.1 Å². The Morgan fingerprint density at radius 1 is 0.848 bits per heavy atom. The lowest BCUT2D eigenvalue weighted by Crippen LogP contribution is -2.54. The number of esters is 3. The Hall–Kier alpha value is -4.86. The van der Waals surface area contributed by atoms with E-state index in [0.717, 1.165) is 16.8 Å². The summed E-state index contributed by atoms with van der Waals surface area (Å²) >= 11 is 17.9. The molecule has 14 heteroatoms. The van der Waals surface area contributed by atoms with Crippen LogP contribution in [0.25, 0.3) is 0 Å². The Morgan fingerprint density at radius 3 is 1.89 bits per heavy atom. The van der Waals surface area contributed by atoms with Crippen LogP contribution in [0.5, 0.6) is 0 Å². The van der Waals surface area contributed by atoms with Gasteiger partial charge in [0, 0.05) is 27.3 Å². The van der Waals surface area contributed by atoms with Gasteiger partial charge in [0.2, 0.25) is 11.7 Å². The molecule has 1 aliphatic heterocycles. The van der Waals surface area contributed by atoms with Crippen LogP contribution in [-0.2, 0) is 18.9 Å². The first kappa shape index (κ1) is 31.1. The van der Waals surface area contributed by atoms with Crippen LogP contribution in [0, 0.1) is 12.3 Å². The lowest BCUT2D eigenvalue weighted by atomic mass is 9.92. The number of benzene rings is 3. The summed E-state index contributed by atoms with van der Waals surface area (Å²) < 4.78 is 32.1. The number of carbonyl (C=O) groups excluding carboxylic acids is 3. The third-order valence-electron chi connectivity index (χ3n) is 6.89. The zero-order chi connectivity index (χ0) is 33.7. The lowest BCUT2D eigenvalue weighted by Gasteiger charge is -2.33. The highest BCUT2D eigenvalue weighted by Gasteiger charge is 2.63. The predicted octanol–water partition coefficient (Wildman–Crippen LogP) is 4.71. The van der Waals surface area contributed by atoms with Gasteiger partial charge in [0.25, 0.3) is 5.56 Å². The third kappa shape index (κ3) is 6.85. The number of ether oxygens (including phenoxy) is 4. The van der Waals surface area contributed by atoms with Crippen LogP contribution in [0.1, 0.15) is 38.7 Å². The summed E-state index contributed by atoms with van der Waals surface area (Å²) in [6.45, 7) is -0.673. The summed E-state index contributed by atoms with van der Waals surface area (Å²) in [4.78, 5) is 67.0. The van der Waals surface area contributed by atoms with Crippen LogP contribution in [0.3, 0.4) is 0 Å². The smallest absolute Gasteiger partial charge is 0.339 e. The number of nitrogens with one attached hydrogen (secondary N) is 1. The molecule has 4 aromatic rings. The first-order valence-electron chi connectivity index (χ1n) is 13.8. The Kier molecular flexibility index (Phi) is 9.23. The number of aromatic amines is 1. The van der Waals surface area contributed by atoms with Crippen molar-refractivity contribution in [1.29, 1.82) is 0 Å². The van der Waals surface area contributed by atoms with Gasteiger partial charge in [0.15, 0.2) is 6.23 Å². The molecule has 1 saturated heterocycles. The van der Waals surface area contributed by atoms with Gasteiger partial charge >= 0.3 is 23.6 Å². The van der Waals surface area contributed by atoms with Crippen molar-refractivity contribution in [2.45, 2.75) is 24.0 Å². The number of hydrogen-bond donors (Lipinski definition) is 1. The summed E-state index contributed by atoms with van der Waals surface area (Å²) in [5, 5.41) is 1.03. The zero-order valence-electron chi connectivity index (χ0n) is 24.3. The number of halogens is 3. The molecule has 0 bridgehead atoms. The van der Waals surface area contributed by atoms with Gasteiger partial charge in [-0.05, 0) is 72.8 Å². The van der Waals surface area contributed by atoms with E-state index in [9.17, 15) is 24.0 Å². The second-order valence-electron chi connectivity index (χ2n) is 9.79. The summed E-state index contributed by atoms with van der Waals surface area (Å²) in [6, 6.07) is 18.0. The lowest BCUT2D eigenvalue weighted by molar-refractivity contribution is -0.0784. The van der Waals surface area contributed by atoms with Crippen LogP contribution in [0.4, 0.5) is 0 Å². The number of aromatic nitrogens is 2. The monoisotopic (exact) mass is 683 g/mol. The molecule has 3 aromatic carbocycles. The van der Waals surface area contributed by atoms with Crippen molar-refractivity contribution >= 4 is 52.7 Å². The fraction of sp³-hybridized carbons (Fsp3) is 0.156. The average Bonchev–Trinajstić information content (AvgIpc) is 3.32. The minimum atomic E-state index is -2.37. The van der Waals surface area contributed by atoms with Gasteiger partial charge in [-0.1, -0.05) is 40.7 Å². The van der Waals surface area contributed by atoms with E-state index in [1.54, 1.807) is 0 Å². The van der Waals surface area contributed by atoms with Crippen molar-refractivity contribution in [2.75, 3.05) is 6.61 Å². The SMILES string of the molecule is [2H]C#C[C@@]1(OC(=O)c2ccc(Cl)cc2)[C@@H](COC(=O)c2ccc(Cl)cc2)OC(n2ccc(=O)[nH]c2=O)[C@@H]1OC(=O)c1ccc(Cl)cc1. The highest BCUT2D eigenvalue weighted by Crippen LogP contribution is 2.42. The van der Waals surface area contributed by atoms with Gasteiger partial charge in [-0.25, -0.2) is 19.2 Å². The summed E-state index contributed by atoms with van der Waals surface area (Å²) in [5.41, 5.74) is -3.98. The maximum Gasteiger partial charge on any atom is 0.339 e. The topological polar surface area (TPSA) is 143 Å². The van der Waals surface area contributed by atoms with E-state index in [1.165, 1.54) is 72.8 Å². The van der Waals surface area contributed by atoms with E-state index in [0.29, 0.717) is 15.1 Å². The highest BCUT2D eigenvalue weighted by atomic mass is 35.5. The van der Waals surface area contributed by atoms with Gasteiger partial charge in [-0.2, -0.15) is 0 Å². The molecule has 1 N–H and O–H groups in total. The van der Waals surface area contributed by atoms with Crippen molar-refractivity contribution in [3.63, 3.8) is 0 Å². The van der Waals surface area contributed by atoms with Crippen molar-refractivity contribution in [3.05, 3.63) is 138 Å². The van der Waals surface area contributed by atoms with Gasteiger partial charge in [-0.3, -0.25) is 14.3 Å². The number of H-pyrrole nitrogens is 1. The van der Waals surface area contributed by atoms with Crippen LogP contribution >= 0.6 is 34.8 Å². The van der Waals surface area contributed by atoms with Crippen molar-refractivity contribution < 1.29 is 34.7 Å². The van der Waals surface area contributed by atoms with E-state index in [-0.39, 0.29) is 16.7 Å². The van der Waals surface area contributed by atoms with Crippen molar-refractivity contribution in [3.8, 4) is 12.3 Å². The normalized spacial score (nSPS) is 20.5. The van der Waals surface area contributed by atoms with Crippen molar-refractivity contribution in [1.82, 2.24) is 9.55 Å². The number of rotatable bonds is 8. The van der Waals surface area contributed by atoms with Crippen LogP contribution in [0.15, 0.2) is 94.6 Å². The standard InChI is InChI=1S/C32H21Cl3N2O9/c1-2-32(46-30(41)20-7-13-23(35)14-8-20)24(17-43-28(39)18-3-9-21(33)10-4-18)44-27(37-16-15-25(38)36-31(37)42)26(32)45-29(40)19-5-11-22(34)12-6-19/h1,3-16,24,26-27H,17H2,(H,36,38,42)/t24-,26+,27?,32-/m1/s1/i1D. The maximum absolute atomic E-state index is 13.6. The molecular weight excluding hydrogens is 663 g/mol. The van der Waals surface area contributed by atoms with Crippen LogP contribution < -0.4 is 11.2 Å². The highest BCUT2D eigenvalue weighted by molar-refractivity contribution is 6.31. The molecule has 1 fully saturated rings. The molecule has 5 rings (SSSR count). The fourth-order valence-electron chi connectivity index (χ4n) is 4.57. The third-order valence-corrected chi connectivity index (χ3v) is 7.64.